The van der Waals surface area contributed by atoms with Crippen molar-refractivity contribution < 1.29 is 0 Å². The molecule has 2 atom stereocenters. The maximum absolute atomic E-state index is 3.61. The van der Waals surface area contributed by atoms with Gasteiger partial charge in [0.25, 0.3) is 0 Å². The molecule has 1 aromatic rings. The second-order valence-electron chi connectivity index (χ2n) is 4.91. The highest BCUT2D eigenvalue weighted by Gasteiger charge is 2.31. The van der Waals surface area contributed by atoms with Crippen LogP contribution in [0, 0.1) is 5.92 Å². The first-order chi connectivity index (χ1) is 8.63. The summed E-state index contributed by atoms with van der Waals surface area (Å²) in [6.07, 6.45) is 2.64. The van der Waals surface area contributed by atoms with Crippen molar-refractivity contribution in [3.05, 3.63) is 19.2 Å². The first-order valence-corrected chi connectivity index (χ1v) is 8.89. The summed E-state index contributed by atoms with van der Waals surface area (Å²) in [5.74, 6) is 0.723. The van der Waals surface area contributed by atoms with Crippen molar-refractivity contribution in [3.8, 4) is 0 Å². The zero-order chi connectivity index (χ0) is 13.1. The first-order valence-electron chi connectivity index (χ1n) is 6.49. The van der Waals surface area contributed by atoms with Gasteiger partial charge in [-0.05, 0) is 83.4 Å². The molecular weight excluding hydrogens is 376 g/mol. The second kappa shape index (κ2) is 6.84. The number of hydrogen-bond acceptors (Lipinski definition) is 3. The van der Waals surface area contributed by atoms with Gasteiger partial charge in [-0.25, -0.2) is 0 Å². The van der Waals surface area contributed by atoms with E-state index in [2.05, 4.69) is 62.1 Å². The molecule has 0 amide bonds. The minimum absolute atomic E-state index is 0.561. The molecule has 0 spiro atoms. The van der Waals surface area contributed by atoms with Crippen LogP contribution in [0.1, 0.15) is 30.7 Å². The molecule has 0 radical (unpaired) electrons. The van der Waals surface area contributed by atoms with E-state index in [9.17, 15) is 0 Å². The van der Waals surface area contributed by atoms with E-state index < -0.39 is 0 Å². The van der Waals surface area contributed by atoms with Crippen LogP contribution in [0.3, 0.4) is 0 Å². The van der Waals surface area contributed by atoms with Gasteiger partial charge in [0.2, 0.25) is 0 Å². The minimum atomic E-state index is 0.561. The van der Waals surface area contributed by atoms with E-state index in [1.54, 1.807) is 0 Å². The number of rotatable bonds is 4. The van der Waals surface area contributed by atoms with Gasteiger partial charge in [0.1, 0.15) is 0 Å². The maximum atomic E-state index is 3.61. The van der Waals surface area contributed by atoms with E-state index in [0.29, 0.717) is 6.04 Å². The Hall–Kier alpha value is 0.580. The lowest BCUT2D eigenvalue weighted by molar-refractivity contribution is 0.122. The number of hydrogen-bond donors (Lipinski definition) is 1. The molecule has 0 aromatic carbocycles. The Balaban J connectivity index is 2.18. The molecule has 1 aromatic heterocycles. The van der Waals surface area contributed by atoms with Crippen LogP contribution in [0.4, 0.5) is 0 Å². The van der Waals surface area contributed by atoms with E-state index >= 15 is 0 Å². The standard InChI is InChI=1S/C13H20Br2N2S/c1-3-16-8-9-5-4-6-17(2)12(9)11-7-10(14)13(15)18-11/h7,9,12,16H,3-6,8H2,1-2H3. The number of halogens is 2. The molecule has 2 heterocycles. The molecule has 2 rings (SSSR count). The summed E-state index contributed by atoms with van der Waals surface area (Å²) in [5.41, 5.74) is 0. The molecule has 1 aliphatic rings. The highest BCUT2D eigenvalue weighted by Crippen LogP contribution is 2.42. The number of nitrogens with one attached hydrogen (secondary N) is 1. The Morgan fingerprint density at radius 2 is 2.28 bits per heavy atom. The number of piperidine rings is 1. The van der Waals surface area contributed by atoms with Crippen LogP contribution in [-0.2, 0) is 0 Å². The number of likely N-dealkylation sites (tertiary alicyclic amines) is 1. The SMILES string of the molecule is CCNCC1CCCN(C)C1c1cc(Br)c(Br)s1. The van der Waals surface area contributed by atoms with Gasteiger partial charge in [-0.2, -0.15) is 0 Å². The van der Waals surface area contributed by atoms with Gasteiger partial charge in [0.15, 0.2) is 0 Å². The maximum Gasteiger partial charge on any atom is 0.0843 e. The van der Waals surface area contributed by atoms with E-state index in [1.165, 1.54) is 32.5 Å². The summed E-state index contributed by atoms with van der Waals surface area (Å²) in [6.45, 7) is 5.57. The van der Waals surface area contributed by atoms with Gasteiger partial charge >= 0.3 is 0 Å². The van der Waals surface area contributed by atoms with Crippen molar-refractivity contribution in [3.63, 3.8) is 0 Å². The van der Waals surface area contributed by atoms with E-state index in [1.807, 2.05) is 11.3 Å². The highest BCUT2D eigenvalue weighted by atomic mass is 79.9. The molecule has 1 aliphatic heterocycles. The molecule has 0 aliphatic carbocycles. The van der Waals surface area contributed by atoms with Crippen molar-refractivity contribution in [2.24, 2.45) is 5.92 Å². The molecule has 102 valence electrons. The monoisotopic (exact) mass is 394 g/mol. The van der Waals surface area contributed by atoms with Crippen molar-refractivity contribution in [1.82, 2.24) is 10.2 Å². The molecule has 0 bridgehead atoms. The summed E-state index contributed by atoms with van der Waals surface area (Å²) in [4.78, 5) is 3.98. The van der Waals surface area contributed by atoms with Gasteiger partial charge in [-0.3, -0.25) is 4.90 Å². The molecule has 1 saturated heterocycles. The van der Waals surface area contributed by atoms with Crippen molar-refractivity contribution in [2.75, 3.05) is 26.7 Å². The Kier molecular flexibility index (Phi) is 5.69. The number of nitrogens with zero attached hydrogens (tertiary/aromatic N) is 1. The molecule has 5 heteroatoms. The third-order valence-corrected chi connectivity index (χ3v) is 6.95. The van der Waals surface area contributed by atoms with E-state index in [4.69, 9.17) is 0 Å². The van der Waals surface area contributed by atoms with Crippen LogP contribution in [0.2, 0.25) is 0 Å². The quantitative estimate of drug-likeness (QED) is 0.818. The summed E-state index contributed by atoms with van der Waals surface area (Å²) >= 11 is 9.08. The molecular formula is C13H20Br2N2S. The van der Waals surface area contributed by atoms with Gasteiger partial charge in [-0.15, -0.1) is 11.3 Å². The highest BCUT2D eigenvalue weighted by molar-refractivity contribution is 9.13. The van der Waals surface area contributed by atoms with E-state index in [-0.39, 0.29) is 0 Å². The number of thiophene rings is 1. The van der Waals surface area contributed by atoms with Gasteiger partial charge in [0.05, 0.1) is 3.79 Å². The van der Waals surface area contributed by atoms with Crippen LogP contribution < -0.4 is 5.32 Å². The van der Waals surface area contributed by atoms with Gasteiger partial charge in [0, 0.05) is 15.4 Å². The molecule has 1 N–H and O–H groups in total. The fraction of sp³-hybridized carbons (Fsp3) is 0.692. The lowest BCUT2D eigenvalue weighted by Crippen LogP contribution is -2.40. The lowest BCUT2D eigenvalue weighted by atomic mass is 9.88. The van der Waals surface area contributed by atoms with Crippen LogP contribution in [0.15, 0.2) is 14.3 Å². The average Bonchev–Trinajstić information content (AvgIpc) is 2.66. The van der Waals surface area contributed by atoms with Crippen LogP contribution in [-0.4, -0.2) is 31.6 Å². The van der Waals surface area contributed by atoms with E-state index in [0.717, 1.165) is 19.0 Å². The van der Waals surface area contributed by atoms with Crippen molar-refractivity contribution in [1.29, 1.82) is 0 Å². The van der Waals surface area contributed by atoms with Crippen molar-refractivity contribution in [2.45, 2.75) is 25.8 Å². The normalized spacial score (nSPS) is 25.6. The third-order valence-electron chi connectivity index (χ3n) is 3.62. The molecule has 0 saturated carbocycles. The predicted octanol–water partition coefficient (Wildman–Crippen LogP) is 4.27. The fourth-order valence-corrected chi connectivity index (χ4v) is 5.11. The first kappa shape index (κ1) is 15.0. The molecule has 2 nitrogen and oxygen atoms in total. The summed E-state index contributed by atoms with van der Waals surface area (Å²) < 4.78 is 2.39. The topological polar surface area (TPSA) is 15.3 Å². The summed E-state index contributed by atoms with van der Waals surface area (Å²) in [7, 11) is 2.25. The molecule has 18 heavy (non-hydrogen) atoms. The smallest absolute Gasteiger partial charge is 0.0843 e. The predicted molar refractivity (Wildman–Crippen MR) is 86.4 cm³/mol. The van der Waals surface area contributed by atoms with Crippen LogP contribution >= 0.6 is 43.2 Å². The largest absolute Gasteiger partial charge is 0.317 e. The summed E-state index contributed by atoms with van der Waals surface area (Å²) in [6, 6.07) is 2.84. The Labute approximate surface area is 130 Å². The van der Waals surface area contributed by atoms with Gasteiger partial charge in [-0.1, -0.05) is 6.92 Å². The fourth-order valence-electron chi connectivity index (χ4n) is 2.76. The Morgan fingerprint density at radius 1 is 1.50 bits per heavy atom. The molecule has 1 fully saturated rings. The molecule has 2 unspecified atom stereocenters. The summed E-state index contributed by atoms with van der Waals surface area (Å²) in [5, 5.41) is 3.51. The minimum Gasteiger partial charge on any atom is -0.317 e. The Morgan fingerprint density at radius 3 is 2.89 bits per heavy atom. The zero-order valence-electron chi connectivity index (χ0n) is 10.9. The average molecular weight is 396 g/mol. The van der Waals surface area contributed by atoms with Crippen LogP contribution in [0.25, 0.3) is 0 Å². The zero-order valence-corrected chi connectivity index (χ0v) is 14.9. The van der Waals surface area contributed by atoms with Gasteiger partial charge < -0.3 is 5.32 Å². The van der Waals surface area contributed by atoms with Crippen molar-refractivity contribution >= 4 is 43.2 Å². The second-order valence-corrected chi connectivity index (χ2v) is 8.16. The third kappa shape index (κ3) is 3.37. The van der Waals surface area contributed by atoms with Crippen LogP contribution in [0.5, 0.6) is 0 Å². The lowest BCUT2D eigenvalue weighted by Gasteiger charge is -2.39. The Bertz CT molecular complexity index is 375.